The van der Waals surface area contributed by atoms with Gasteiger partial charge < -0.3 is 0 Å². The Bertz CT molecular complexity index is 422. The van der Waals surface area contributed by atoms with E-state index in [0.29, 0.717) is 5.92 Å². The molecule has 1 aromatic heterocycles. The predicted octanol–water partition coefficient (Wildman–Crippen LogP) is 4.17. The molecule has 1 unspecified atom stereocenters. The zero-order chi connectivity index (χ0) is 11.4. The first kappa shape index (κ1) is 11.8. The van der Waals surface area contributed by atoms with E-state index < -0.39 is 0 Å². The summed E-state index contributed by atoms with van der Waals surface area (Å²) in [6.45, 7) is 2.12. The summed E-state index contributed by atoms with van der Waals surface area (Å²) in [5.41, 5.74) is 5.78. The summed E-state index contributed by atoms with van der Waals surface area (Å²) in [6, 6.07) is 8.78. The van der Waals surface area contributed by atoms with Gasteiger partial charge in [0.25, 0.3) is 0 Å². The van der Waals surface area contributed by atoms with Crippen LogP contribution in [0, 0.1) is 6.92 Å². The average Bonchev–Trinajstić information content (AvgIpc) is 2.80. The first-order valence-electron chi connectivity index (χ1n) is 5.29. The van der Waals surface area contributed by atoms with E-state index in [4.69, 9.17) is 0 Å². The van der Waals surface area contributed by atoms with Crippen molar-refractivity contribution < 1.29 is 0 Å². The number of rotatable bonds is 4. The number of aromatic nitrogens is 1. The molecule has 1 nitrogen and oxygen atoms in total. The van der Waals surface area contributed by atoms with Gasteiger partial charge in [0.05, 0.1) is 11.2 Å². The van der Waals surface area contributed by atoms with Crippen LogP contribution in [-0.4, -0.2) is 10.3 Å². The summed E-state index contributed by atoms with van der Waals surface area (Å²) >= 11 is 5.26. The van der Waals surface area contributed by atoms with Crippen molar-refractivity contribution in [2.75, 3.05) is 5.33 Å². The van der Waals surface area contributed by atoms with Gasteiger partial charge in [-0.15, -0.1) is 11.3 Å². The van der Waals surface area contributed by atoms with Crippen molar-refractivity contribution in [2.24, 2.45) is 0 Å². The molecule has 1 heterocycles. The van der Waals surface area contributed by atoms with Gasteiger partial charge in [0.1, 0.15) is 0 Å². The third-order valence-corrected chi connectivity index (χ3v) is 4.09. The maximum atomic E-state index is 4.34. The minimum atomic E-state index is 0.516. The summed E-state index contributed by atoms with van der Waals surface area (Å²) in [7, 11) is 0. The first-order valence-corrected chi connectivity index (χ1v) is 7.35. The van der Waals surface area contributed by atoms with Crippen LogP contribution in [0.5, 0.6) is 0 Å². The van der Waals surface area contributed by atoms with Crippen LogP contribution in [0.15, 0.2) is 35.2 Å². The summed E-state index contributed by atoms with van der Waals surface area (Å²) in [5, 5.41) is 3.11. The zero-order valence-electron chi connectivity index (χ0n) is 9.19. The van der Waals surface area contributed by atoms with E-state index in [1.807, 2.05) is 5.51 Å². The molecule has 0 saturated carbocycles. The minimum Gasteiger partial charge on any atom is -0.250 e. The molecular formula is C13H14BrNS. The highest BCUT2D eigenvalue weighted by Gasteiger charge is 2.11. The Balaban J connectivity index is 2.13. The molecule has 2 aromatic rings. The molecule has 0 aliphatic rings. The van der Waals surface area contributed by atoms with Gasteiger partial charge in [-0.1, -0.05) is 45.8 Å². The van der Waals surface area contributed by atoms with E-state index in [9.17, 15) is 0 Å². The van der Waals surface area contributed by atoms with Crippen LogP contribution in [0.4, 0.5) is 0 Å². The topological polar surface area (TPSA) is 12.9 Å². The van der Waals surface area contributed by atoms with Crippen LogP contribution in [0.25, 0.3) is 0 Å². The Labute approximate surface area is 109 Å². The summed E-state index contributed by atoms with van der Waals surface area (Å²) in [5.74, 6) is 0.516. The van der Waals surface area contributed by atoms with Crippen LogP contribution >= 0.6 is 27.3 Å². The van der Waals surface area contributed by atoms with Gasteiger partial charge in [-0.2, -0.15) is 0 Å². The number of nitrogens with zero attached hydrogens (tertiary/aromatic N) is 1. The van der Waals surface area contributed by atoms with Gasteiger partial charge in [-0.25, -0.2) is 4.98 Å². The molecule has 3 heteroatoms. The van der Waals surface area contributed by atoms with Crippen molar-refractivity contribution in [3.8, 4) is 0 Å². The molecule has 0 aliphatic carbocycles. The number of aryl methyl sites for hydroxylation is 1. The van der Waals surface area contributed by atoms with Crippen molar-refractivity contribution in [3.63, 3.8) is 0 Å². The van der Waals surface area contributed by atoms with E-state index in [1.165, 1.54) is 16.8 Å². The van der Waals surface area contributed by atoms with E-state index in [2.05, 4.69) is 57.5 Å². The number of benzene rings is 1. The summed E-state index contributed by atoms with van der Waals surface area (Å²) in [4.78, 5) is 4.34. The number of halogens is 1. The van der Waals surface area contributed by atoms with Gasteiger partial charge >= 0.3 is 0 Å². The van der Waals surface area contributed by atoms with Crippen molar-refractivity contribution in [3.05, 3.63) is 52.0 Å². The van der Waals surface area contributed by atoms with Gasteiger partial charge in [0.2, 0.25) is 0 Å². The quantitative estimate of drug-likeness (QED) is 0.772. The maximum absolute atomic E-state index is 4.34. The van der Waals surface area contributed by atoms with Crippen LogP contribution in [0.2, 0.25) is 0 Å². The number of alkyl halides is 1. The van der Waals surface area contributed by atoms with Crippen LogP contribution < -0.4 is 0 Å². The highest BCUT2D eigenvalue weighted by molar-refractivity contribution is 9.09. The fourth-order valence-electron chi connectivity index (χ4n) is 1.69. The van der Waals surface area contributed by atoms with Gasteiger partial charge in [-0.3, -0.25) is 0 Å². The molecule has 2 rings (SSSR count). The molecule has 0 fully saturated rings. The number of hydrogen-bond donors (Lipinski definition) is 0. The third kappa shape index (κ3) is 2.92. The van der Waals surface area contributed by atoms with Gasteiger partial charge in [-0.05, 0) is 24.8 Å². The molecule has 1 aromatic carbocycles. The number of thiazole rings is 1. The fraction of sp³-hybridized carbons (Fsp3) is 0.308. The molecule has 0 aliphatic heterocycles. The smallest absolute Gasteiger partial charge is 0.0794 e. The van der Waals surface area contributed by atoms with Crippen molar-refractivity contribution >= 4 is 27.3 Å². The lowest BCUT2D eigenvalue weighted by Gasteiger charge is -2.13. The van der Waals surface area contributed by atoms with Crippen LogP contribution in [0.1, 0.15) is 22.7 Å². The Morgan fingerprint density at radius 2 is 2.06 bits per heavy atom. The van der Waals surface area contributed by atoms with E-state index in [1.54, 1.807) is 11.3 Å². The van der Waals surface area contributed by atoms with Gasteiger partial charge in [0.15, 0.2) is 0 Å². The van der Waals surface area contributed by atoms with Crippen LogP contribution in [0.3, 0.4) is 0 Å². The standard InChI is InChI=1S/C13H14BrNS/c1-10-2-4-11(5-3-10)12(7-14)6-13-8-16-9-15-13/h2-5,8-9,12H,6-7H2,1H3. The molecule has 0 bridgehead atoms. The minimum absolute atomic E-state index is 0.516. The maximum Gasteiger partial charge on any atom is 0.0794 e. The molecule has 0 saturated heterocycles. The highest BCUT2D eigenvalue weighted by atomic mass is 79.9. The first-order chi connectivity index (χ1) is 7.79. The Kier molecular flexibility index (Phi) is 4.13. The SMILES string of the molecule is Cc1ccc(C(CBr)Cc2cscn2)cc1. The highest BCUT2D eigenvalue weighted by Crippen LogP contribution is 2.23. The lowest BCUT2D eigenvalue weighted by atomic mass is 9.96. The second-order valence-corrected chi connectivity index (χ2v) is 5.31. The fourth-order valence-corrected chi connectivity index (χ4v) is 2.86. The molecule has 0 radical (unpaired) electrons. The van der Waals surface area contributed by atoms with Crippen molar-refractivity contribution in [1.29, 1.82) is 0 Å². The summed E-state index contributed by atoms with van der Waals surface area (Å²) < 4.78 is 0. The monoisotopic (exact) mass is 295 g/mol. The lowest BCUT2D eigenvalue weighted by molar-refractivity contribution is 0.760. The Morgan fingerprint density at radius 3 is 2.62 bits per heavy atom. The predicted molar refractivity (Wildman–Crippen MR) is 73.5 cm³/mol. The molecule has 0 spiro atoms. The Morgan fingerprint density at radius 1 is 1.31 bits per heavy atom. The van der Waals surface area contributed by atoms with E-state index in [-0.39, 0.29) is 0 Å². The van der Waals surface area contributed by atoms with Crippen LogP contribution in [-0.2, 0) is 6.42 Å². The molecule has 16 heavy (non-hydrogen) atoms. The molecule has 0 amide bonds. The normalized spacial score (nSPS) is 12.6. The van der Waals surface area contributed by atoms with Gasteiger partial charge in [0, 0.05) is 10.7 Å². The zero-order valence-corrected chi connectivity index (χ0v) is 11.6. The molecule has 0 N–H and O–H groups in total. The molecule has 1 atom stereocenters. The van der Waals surface area contributed by atoms with E-state index in [0.717, 1.165) is 11.8 Å². The number of hydrogen-bond acceptors (Lipinski definition) is 2. The second kappa shape index (κ2) is 5.60. The van der Waals surface area contributed by atoms with Crippen molar-refractivity contribution in [2.45, 2.75) is 19.3 Å². The largest absolute Gasteiger partial charge is 0.250 e. The lowest BCUT2D eigenvalue weighted by Crippen LogP contribution is -2.04. The Hall–Kier alpha value is -0.670. The van der Waals surface area contributed by atoms with E-state index >= 15 is 0 Å². The summed E-state index contributed by atoms with van der Waals surface area (Å²) in [6.07, 6.45) is 1.01. The average molecular weight is 296 g/mol. The molecule has 84 valence electrons. The van der Waals surface area contributed by atoms with Crippen molar-refractivity contribution in [1.82, 2.24) is 4.98 Å². The second-order valence-electron chi connectivity index (χ2n) is 3.95. The third-order valence-electron chi connectivity index (χ3n) is 2.67. The molecular weight excluding hydrogens is 282 g/mol.